The minimum absolute atomic E-state index is 0.266. The van der Waals surface area contributed by atoms with Crippen LogP contribution in [-0.4, -0.2) is 11.3 Å². The molecule has 0 saturated heterocycles. The van der Waals surface area contributed by atoms with Gasteiger partial charge < -0.3 is 10.5 Å². The van der Waals surface area contributed by atoms with Gasteiger partial charge in [-0.3, -0.25) is 0 Å². The molecule has 0 amide bonds. The van der Waals surface area contributed by atoms with E-state index in [2.05, 4.69) is 9.72 Å². The van der Waals surface area contributed by atoms with Gasteiger partial charge >= 0.3 is 6.36 Å². The highest BCUT2D eigenvalue weighted by molar-refractivity contribution is 5.46. The minimum atomic E-state index is -4.73. The molecule has 0 unspecified atom stereocenters. The summed E-state index contributed by atoms with van der Waals surface area (Å²) in [5, 5.41) is 0. The summed E-state index contributed by atoms with van der Waals surface area (Å²) in [6.45, 7) is 1.62. The lowest BCUT2D eigenvalue weighted by Gasteiger charge is -2.10. The molecule has 0 radical (unpaired) electrons. The molecule has 1 aromatic rings. The van der Waals surface area contributed by atoms with Crippen molar-refractivity contribution in [1.29, 1.82) is 0 Å². The molecular formula is C7H7F3N2O. The number of ether oxygens (including phenoxy) is 1. The smallest absolute Gasteiger partial charge is 0.402 e. The molecule has 0 saturated carbocycles. The summed E-state index contributed by atoms with van der Waals surface area (Å²) in [7, 11) is 0. The second-order valence-electron chi connectivity index (χ2n) is 2.38. The van der Waals surface area contributed by atoms with Gasteiger partial charge in [-0.15, -0.1) is 13.2 Å². The van der Waals surface area contributed by atoms with Crippen LogP contribution in [0.3, 0.4) is 0 Å². The average molecular weight is 192 g/mol. The number of alkyl halides is 3. The van der Waals surface area contributed by atoms with E-state index in [1.54, 1.807) is 6.92 Å². The Morgan fingerprint density at radius 2 is 2.00 bits per heavy atom. The Balaban J connectivity index is 2.90. The van der Waals surface area contributed by atoms with Crippen molar-refractivity contribution in [1.82, 2.24) is 4.98 Å². The summed E-state index contributed by atoms with van der Waals surface area (Å²) in [4.78, 5) is 3.61. The highest BCUT2D eigenvalue weighted by atomic mass is 19.4. The van der Waals surface area contributed by atoms with Gasteiger partial charge in [0.2, 0.25) is 0 Å². The van der Waals surface area contributed by atoms with Gasteiger partial charge in [0.05, 0.1) is 0 Å². The Bertz CT molecular complexity index is 311. The van der Waals surface area contributed by atoms with E-state index < -0.39 is 12.1 Å². The normalized spacial score (nSPS) is 11.4. The van der Waals surface area contributed by atoms with Crippen molar-refractivity contribution in [3.8, 4) is 5.75 Å². The van der Waals surface area contributed by atoms with Crippen molar-refractivity contribution in [2.75, 3.05) is 5.73 Å². The first-order valence-electron chi connectivity index (χ1n) is 3.37. The fourth-order valence-corrected chi connectivity index (χ4v) is 0.775. The molecule has 0 atom stereocenters. The molecule has 1 aromatic heterocycles. The van der Waals surface area contributed by atoms with E-state index in [-0.39, 0.29) is 5.82 Å². The summed E-state index contributed by atoms with van der Waals surface area (Å²) in [6.07, 6.45) is -4.73. The van der Waals surface area contributed by atoms with E-state index in [1.807, 2.05) is 0 Å². The van der Waals surface area contributed by atoms with E-state index in [1.165, 1.54) is 6.07 Å². The first-order chi connectivity index (χ1) is 5.88. The van der Waals surface area contributed by atoms with Gasteiger partial charge in [-0.2, -0.15) is 0 Å². The molecule has 13 heavy (non-hydrogen) atoms. The van der Waals surface area contributed by atoms with Crippen LogP contribution in [0.25, 0.3) is 0 Å². The fourth-order valence-electron chi connectivity index (χ4n) is 0.775. The van der Waals surface area contributed by atoms with Crippen molar-refractivity contribution < 1.29 is 17.9 Å². The second-order valence-corrected chi connectivity index (χ2v) is 2.38. The number of halogens is 3. The quantitative estimate of drug-likeness (QED) is 0.738. The third-order valence-corrected chi connectivity index (χ3v) is 1.25. The predicted molar refractivity (Wildman–Crippen MR) is 40.1 cm³/mol. The Hall–Kier alpha value is -1.46. The number of nitrogens with two attached hydrogens (primary N) is 1. The fraction of sp³-hybridized carbons (Fsp3) is 0.286. The van der Waals surface area contributed by atoms with Crippen LogP contribution in [0.5, 0.6) is 5.75 Å². The highest BCUT2D eigenvalue weighted by Crippen LogP contribution is 2.26. The van der Waals surface area contributed by atoms with Crippen molar-refractivity contribution in [3.63, 3.8) is 0 Å². The molecule has 0 aliphatic heterocycles. The number of nitrogen functional groups attached to an aromatic ring is 1. The van der Waals surface area contributed by atoms with Gasteiger partial charge in [-0.25, -0.2) is 4.98 Å². The predicted octanol–water partition coefficient (Wildman–Crippen LogP) is 1.87. The van der Waals surface area contributed by atoms with Crippen molar-refractivity contribution in [2.45, 2.75) is 13.3 Å². The van der Waals surface area contributed by atoms with Crippen LogP contribution in [0.4, 0.5) is 19.0 Å². The lowest BCUT2D eigenvalue weighted by Crippen LogP contribution is -2.18. The van der Waals surface area contributed by atoms with Crippen LogP contribution in [0.2, 0.25) is 0 Å². The van der Waals surface area contributed by atoms with Crippen molar-refractivity contribution in [2.24, 2.45) is 0 Å². The van der Waals surface area contributed by atoms with Crippen molar-refractivity contribution in [3.05, 3.63) is 17.8 Å². The third-order valence-electron chi connectivity index (χ3n) is 1.25. The van der Waals surface area contributed by atoms with E-state index in [4.69, 9.17) is 5.73 Å². The number of rotatable bonds is 1. The molecule has 0 aliphatic carbocycles. The van der Waals surface area contributed by atoms with Crippen LogP contribution in [0.1, 0.15) is 5.69 Å². The summed E-state index contributed by atoms with van der Waals surface area (Å²) in [5.41, 5.74) is 5.73. The van der Waals surface area contributed by atoms with Crippen LogP contribution in [0, 0.1) is 6.92 Å². The minimum Gasteiger partial charge on any atom is -0.402 e. The second kappa shape index (κ2) is 3.12. The maximum atomic E-state index is 11.7. The molecule has 72 valence electrons. The van der Waals surface area contributed by atoms with Gasteiger partial charge in [-0.05, 0) is 19.1 Å². The maximum Gasteiger partial charge on any atom is 0.573 e. The summed E-state index contributed by atoms with van der Waals surface area (Å²) in [6, 6.07) is 2.52. The van der Waals surface area contributed by atoms with Gasteiger partial charge in [0.1, 0.15) is 0 Å². The Morgan fingerprint density at radius 3 is 2.46 bits per heavy atom. The summed E-state index contributed by atoms with van der Waals surface area (Å²) in [5.74, 6) is -0.740. The lowest BCUT2D eigenvalue weighted by atomic mass is 10.3. The van der Waals surface area contributed by atoms with Crippen LogP contribution in [-0.2, 0) is 0 Å². The largest absolute Gasteiger partial charge is 0.573 e. The van der Waals surface area contributed by atoms with Crippen LogP contribution < -0.4 is 10.5 Å². The van der Waals surface area contributed by atoms with E-state index in [0.29, 0.717) is 5.69 Å². The maximum absolute atomic E-state index is 11.7. The molecular weight excluding hydrogens is 185 g/mol. The van der Waals surface area contributed by atoms with E-state index in [9.17, 15) is 13.2 Å². The van der Waals surface area contributed by atoms with Gasteiger partial charge in [0.15, 0.2) is 11.6 Å². The molecule has 1 heterocycles. The Kier molecular flexibility index (Phi) is 2.31. The first-order valence-corrected chi connectivity index (χ1v) is 3.37. The van der Waals surface area contributed by atoms with Gasteiger partial charge in [-0.1, -0.05) is 0 Å². The van der Waals surface area contributed by atoms with Gasteiger partial charge in [0.25, 0.3) is 0 Å². The van der Waals surface area contributed by atoms with E-state index in [0.717, 1.165) is 6.07 Å². The number of anilines is 1. The monoisotopic (exact) mass is 192 g/mol. The highest BCUT2D eigenvalue weighted by Gasteiger charge is 2.32. The number of hydrogen-bond donors (Lipinski definition) is 1. The molecule has 0 aromatic carbocycles. The Morgan fingerprint density at radius 1 is 1.38 bits per heavy atom. The SMILES string of the molecule is Cc1ccc(OC(F)(F)F)c(N)n1. The molecule has 6 heteroatoms. The standard InChI is InChI=1S/C7H7F3N2O/c1-4-2-3-5(6(11)12-4)13-7(8,9)10/h2-3H,1H3,(H2,11,12). The number of aryl methyl sites for hydroxylation is 1. The first kappa shape index (κ1) is 9.63. The average Bonchev–Trinajstić information content (AvgIpc) is 1.93. The molecule has 0 spiro atoms. The zero-order chi connectivity index (χ0) is 10.1. The van der Waals surface area contributed by atoms with E-state index >= 15 is 0 Å². The Labute approximate surface area is 72.3 Å². The summed E-state index contributed by atoms with van der Waals surface area (Å²) >= 11 is 0. The number of nitrogens with zero attached hydrogens (tertiary/aromatic N) is 1. The van der Waals surface area contributed by atoms with Crippen LogP contribution in [0.15, 0.2) is 12.1 Å². The topological polar surface area (TPSA) is 48.1 Å². The van der Waals surface area contributed by atoms with Crippen LogP contribution >= 0.6 is 0 Å². The molecule has 0 fully saturated rings. The van der Waals surface area contributed by atoms with Gasteiger partial charge in [0, 0.05) is 5.69 Å². The number of aromatic nitrogens is 1. The number of hydrogen-bond acceptors (Lipinski definition) is 3. The zero-order valence-corrected chi connectivity index (χ0v) is 6.72. The third kappa shape index (κ3) is 2.81. The molecule has 0 aliphatic rings. The molecule has 1 rings (SSSR count). The lowest BCUT2D eigenvalue weighted by molar-refractivity contribution is -0.274. The molecule has 0 bridgehead atoms. The summed E-state index contributed by atoms with van der Waals surface area (Å²) < 4.78 is 38.7. The number of pyridine rings is 1. The van der Waals surface area contributed by atoms with Crippen molar-refractivity contribution >= 4 is 5.82 Å². The molecule has 3 nitrogen and oxygen atoms in total. The zero-order valence-electron chi connectivity index (χ0n) is 6.72. The molecule has 2 N–H and O–H groups in total.